The smallest absolute Gasteiger partial charge is 0.303 e. The van der Waals surface area contributed by atoms with Gasteiger partial charge in [0.15, 0.2) is 11.4 Å². The molecular formula is C9H15BO3. The number of hydrogen-bond donors (Lipinski definition) is 0. The molecule has 0 heterocycles. The second-order valence-corrected chi connectivity index (χ2v) is 4.18. The summed E-state index contributed by atoms with van der Waals surface area (Å²) >= 11 is 0. The van der Waals surface area contributed by atoms with Crippen molar-refractivity contribution < 1.29 is 14.3 Å². The monoisotopic (exact) mass is 182 g/mol. The molecule has 3 nitrogen and oxygen atoms in total. The topological polar surface area (TPSA) is 43.4 Å². The Bertz CT molecular complexity index is 226. The molecule has 0 rings (SSSR count). The van der Waals surface area contributed by atoms with Crippen molar-refractivity contribution in [1.82, 2.24) is 0 Å². The van der Waals surface area contributed by atoms with Gasteiger partial charge in [0, 0.05) is 5.31 Å². The number of ether oxygens (including phenoxy) is 1. The quantitative estimate of drug-likeness (QED) is 0.487. The first kappa shape index (κ1) is 12.2. The molecule has 0 unspecified atom stereocenters. The molecule has 0 aliphatic rings. The lowest BCUT2D eigenvalue weighted by Crippen LogP contribution is -2.38. The molecule has 0 aromatic heterocycles. The highest BCUT2D eigenvalue weighted by Gasteiger charge is 2.33. The summed E-state index contributed by atoms with van der Waals surface area (Å²) in [6.45, 7) is 7.52. The van der Waals surface area contributed by atoms with Crippen LogP contribution in [-0.2, 0) is 14.3 Å². The molecule has 2 radical (unpaired) electrons. The fraction of sp³-hybridized carbons (Fsp3) is 0.778. The largest absolute Gasteiger partial charge is 0.452 e. The Hall–Kier alpha value is -0.795. The third-order valence-electron chi connectivity index (χ3n) is 1.72. The zero-order valence-electron chi connectivity index (χ0n) is 8.80. The van der Waals surface area contributed by atoms with E-state index in [4.69, 9.17) is 12.6 Å². The van der Waals surface area contributed by atoms with Crippen LogP contribution >= 0.6 is 0 Å². The Morgan fingerprint density at radius 1 is 1.15 bits per heavy atom. The highest BCUT2D eigenvalue weighted by atomic mass is 16.6. The average molecular weight is 182 g/mol. The second-order valence-electron chi connectivity index (χ2n) is 4.18. The molecule has 0 aromatic carbocycles. The minimum absolute atomic E-state index is 0.204. The van der Waals surface area contributed by atoms with Gasteiger partial charge in [0.05, 0.1) is 7.85 Å². The molecule has 0 bridgehead atoms. The molecule has 0 saturated heterocycles. The normalized spacial score (nSPS) is 12.4. The van der Waals surface area contributed by atoms with E-state index in [1.165, 1.54) is 20.8 Å². The van der Waals surface area contributed by atoms with E-state index in [1.807, 2.05) is 0 Å². The minimum atomic E-state index is -1.09. The van der Waals surface area contributed by atoms with Crippen LogP contribution in [0, 0.1) is 0 Å². The number of Topliss-reactive ketones (excluding diaryl/α,β-unsaturated/α-hetero) is 1. The van der Waals surface area contributed by atoms with Gasteiger partial charge in [-0.2, -0.15) is 0 Å². The molecular weight excluding hydrogens is 167 g/mol. The fourth-order valence-electron chi connectivity index (χ4n) is 0.435. The molecule has 0 aliphatic heterocycles. The SMILES string of the molecule is [B]C(C)(C)C(=O)OC(C)(C)C(C)=O. The lowest BCUT2D eigenvalue weighted by molar-refractivity contribution is -0.165. The van der Waals surface area contributed by atoms with Gasteiger partial charge in [-0.05, 0) is 20.8 Å². The van der Waals surface area contributed by atoms with Crippen LogP contribution in [0.1, 0.15) is 34.6 Å². The van der Waals surface area contributed by atoms with Gasteiger partial charge in [-0.25, -0.2) is 0 Å². The van der Waals surface area contributed by atoms with Crippen molar-refractivity contribution in [3.63, 3.8) is 0 Å². The summed E-state index contributed by atoms with van der Waals surface area (Å²) in [4.78, 5) is 22.3. The number of ketones is 1. The lowest BCUT2D eigenvalue weighted by Gasteiger charge is -2.27. The summed E-state index contributed by atoms with van der Waals surface area (Å²) in [7, 11) is 5.50. The summed E-state index contributed by atoms with van der Waals surface area (Å²) in [5, 5.41) is -1.06. The fourth-order valence-corrected chi connectivity index (χ4v) is 0.435. The first-order valence-electron chi connectivity index (χ1n) is 4.11. The van der Waals surface area contributed by atoms with E-state index < -0.39 is 16.9 Å². The standard InChI is InChI=1S/C9H15BO3/c1-6(11)9(4,5)13-7(12)8(2,3)10/h1-5H3. The number of carbonyl (C=O) groups is 2. The number of esters is 1. The Morgan fingerprint density at radius 3 is 1.77 bits per heavy atom. The Kier molecular flexibility index (Phi) is 3.31. The molecule has 0 atom stereocenters. The van der Waals surface area contributed by atoms with Gasteiger partial charge in [0.1, 0.15) is 0 Å². The number of rotatable bonds is 3. The predicted octanol–water partition coefficient (Wildman–Crippen LogP) is 1.26. The molecule has 0 N–H and O–H groups in total. The average Bonchev–Trinajstić information content (AvgIpc) is 1.83. The maximum atomic E-state index is 11.3. The van der Waals surface area contributed by atoms with Crippen LogP contribution in [0.2, 0.25) is 5.31 Å². The van der Waals surface area contributed by atoms with Crippen molar-refractivity contribution in [2.45, 2.75) is 45.5 Å². The Morgan fingerprint density at radius 2 is 1.54 bits per heavy atom. The highest BCUT2D eigenvalue weighted by molar-refractivity contribution is 6.26. The van der Waals surface area contributed by atoms with E-state index in [0.29, 0.717) is 0 Å². The zero-order valence-corrected chi connectivity index (χ0v) is 8.80. The second kappa shape index (κ2) is 3.52. The van der Waals surface area contributed by atoms with Gasteiger partial charge in [-0.15, -0.1) is 0 Å². The van der Waals surface area contributed by atoms with E-state index in [1.54, 1.807) is 13.8 Å². The van der Waals surface area contributed by atoms with Gasteiger partial charge in [0.2, 0.25) is 0 Å². The third kappa shape index (κ3) is 3.62. The zero-order chi connectivity index (χ0) is 10.9. The van der Waals surface area contributed by atoms with Crippen LogP contribution in [0.3, 0.4) is 0 Å². The molecule has 13 heavy (non-hydrogen) atoms. The van der Waals surface area contributed by atoms with Gasteiger partial charge in [-0.3, -0.25) is 9.59 Å². The van der Waals surface area contributed by atoms with Crippen molar-refractivity contribution in [3.8, 4) is 0 Å². The summed E-state index contributed by atoms with van der Waals surface area (Å²) in [5.41, 5.74) is -1.09. The van der Waals surface area contributed by atoms with Gasteiger partial charge >= 0.3 is 5.97 Å². The first-order chi connectivity index (χ1) is 5.57. The van der Waals surface area contributed by atoms with Crippen molar-refractivity contribution in [2.75, 3.05) is 0 Å². The Labute approximate surface area is 80.2 Å². The molecule has 0 fully saturated rings. The lowest BCUT2D eigenvalue weighted by atomic mass is 9.72. The van der Waals surface area contributed by atoms with Gasteiger partial charge in [-0.1, -0.05) is 13.8 Å². The van der Waals surface area contributed by atoms with E-state index in [-0.39, 0.29) is 5.78 Å². The molecule has 4 heteroatoms. The predicted molar refractivity (Wildman–Crippen MR) is 50.6 cm³/mol. The van der Waals surface area contributed by atoms with Crippen molar-refractivity contribution in [3.05, 3.63) is 0 Å². The van der Waals surface area contributed by atoms with Crippen molar-refractivity contribution in [2.24, 2.45) is 0 Å². The third-order valence-corrected chi connectivity index (χ3v) is 1.72. The van der Waals surface area contributed by atoms with E-state index >= 15 is 0 Å². The molecule has 0 saturated carbocycles. The van der Waals surface area contributed by atoms with E-state index in [9.17, 15) is 9.59 Å². The number of carbonyl (C=O) groups excluding carboxylic acids is 2. The van der Waals surface area contributed by atoms with Crippen LogP contribution in [0.5, 0.6) is 0 Å². The van der Waals surface area contributed by atoms with Crippen LogP contribution in [0.15, 0.2) is 0 Å². The maximum absolute atomic E-state index is 11.3. The maximum Gasteiger partial charge on any atom is 0.303 e. The van der Waals surface area contributed by atoms with Gasteiger partial charge < -0.3 is 4.74 Å². The summed E-state index contributed by atoms with van der Waals surface area (Å²) in [5.74, 6) is -0.780. The van der Waals surface area contributed by atoms with Gasteiger partial charge in [0.25, 0.3) is 0 Å². The molecule has 0 aromatic rings. The van der Waals surface area contributed by atoms with E-state index in [0.717, 1.165) is 0 Å². The number of hydrogen-bond acceptors (Lipinski definition) is 3. The summed E-state index contributed by atoms with van der Waals surface area (Å²) in [6.07, 6.45) is 0. The first-order valence-corrected chi connectivity index (χ1v) is 4.11. The summed E-state index contributed by atoms with van der Waals surface area (Å²) < 4.78 is 4.95. The van der Waals surface area contributed by atoms with Crippen LogP contribution in [-0.4, -0.2) is 25.2 Å². The highest BCUT2D eigenvalue weighted by Crippen LogP contribution is 2.24. The van der Waals surface area contributed by atoms with Crippen molar-refractivity contribution >= 4 is 19.6 Å². The van der Waals surface area contributed by atoms with Crippen LogP contribution in [0.4, 0.5) is 0 Å². The van der Waals surface area contributed by atoms with Crippen LogP contribution in [0.25, 0.3) is 0 Å². The summed E-state index contributed by atoms with van der Waals surface area (Å²) in [6, 6.07) is 0. The molecule has 0 aliphatic carbocycles. The van der Waals surface area contributed by atoms with E-state index in [2.05, 4.69) is 0 Å². The minimum Gasteiger partial charge on any atom is -0.452 e. The Balaban J connectivity index is 4.47. The molecule has 0 amide bonds. The molecule has 72 valence electrons. The molecule has 0 spiro atoms. The van der Waals surface area contributed by atoms with Crippen LogP contribution < -0.4 is 0 Å². The van der Waals surface area contributed by atoms with Crippen molar-refractivity contribution in [1.29, 1.82) is 0 Å².